The van der Waals surface area contributed by atoms with Crippen molar-refractivity contribution < 1.29 is 39.9 Å². The Morgan fingerprint density at radius 2 is 1.58 bits per heavy atom. The second-order valence-corrected chi connectivity index (χ2v) is 3.87. The lowest BCUT2D eigenvalue weighted by molar-refractivity contribution is -0.151. The first-order valence-electron chi connectivity index (χ1n) is 5.48. The molecule has 0 aromatic rings. The predicted molar refractivity (Wildman–Crippen MR) is 61.9 cm³/mol. The minimum Gasteiger partial charge on any atom is -0.460 e. The number of ketones is 1. The van der Waals surface area contributed by atoms with Gasteiger partial charge in [0.25, 0.3) is 0 Å². The van der Waals surface area contributed by atoms with E-state index >= 15 is 0 Å². The Hall–Kier alpha value is -1.32. The molecule has 0 aromatic heterocycles. The first-order valence-corrected chi connectivity index (χ1v) is 5.48. The van der Waals surface area contributed by atoms with Gasteiger partial charge in [0.2, 0.25) is 0 Å². The largest absolute Gasteiger partial charge is 0.460 e. The fourth-order valence-corrected chi connectivity index (χ4v) is 1.06. The van der Waals surface area contributed by atoms with E-state index in [4.69, 9.17) is 10.2 Å². The molecule has 0 saturated carbocycles. The summed E-state index contributed by atoms with van der Waals surface area (Å²) < 4.78 is 4.50. The van der Waals surface area contributed by atoms with Gasteiger partial charge >= 0.3 is 5.97 Å². The number of ether oxygens (including phenoxy) is 1. The number of allylic oxidation sites excluding steroid dienone is 1. The molecule has 0 heterocycles. The van der Waals surface area contributed by atoms with Crippen molar-refractivity contribution in [3.63, 3.8) is 0 Å². The number of carbonyl (C=O) groups is 2. The standard InChI is InChI=1S/C11H18O8/c1-6(13)2-3-9(16)19-5-8(15)11(18)10(17)7(14)4-12/h2-3,7-8,10-12,14-15,17-18H,4-5H2,1H3/b3-2-/t7-,8-,10-,11-/m1/s1. The van der Waals surface area contributed by atoms with Gasteiger partial charge in [-0.1, -0.05) is 0 Å². The molecule has 0 radical (unpaired) electrons. The average Bonchev–Trinajstić information content (AvgIpc) is 2.39. The highest BCUT2D eigenvalue weighted by molar-refractivity contribution is 5.94. The zero-order valence-electron chi connectivity index (χ0n) is 10.3. The molecule has 110 valence electrons. The van der Waals surface area contributed by atoms with Crippen molar-refractivity contribution in [2.75, 3.05) is 13.2 Å². The number of esters is 1. The summed E-state index contributed by atoms with van der Waals surface area (Å²) in [6.45, 7) is -0.210. The Balaban J connectivity index is 4.20. The Morgan fingerprint density at radius 3 is 2.05 bits per heavy atom. The van der Waals surface area contributed by atoms with Gasteiger partial charge in [-0.3, -0.25) is 4.79 Å². The summed E-state index contributed by atoms with van der Waals surface area (Å²) in [4.78, 5) is 21.6. The van der Waals surface area contributed by atoms with Gasteiger partial charge in [-0.15, -0.1) is 0 Å². The first-order chi connectivity index (χ1) is 8.79. The van der Waals surface area contributed by atoms with Crippen molar-refractivity contribution >= 4 is 11.8 Å². The smallest absolute Gasteiger partial charge is 0.330 e. The van der Waals surface area contributed by atoms with E-state index in [9.17, 15) is 24.9 Å². The lowest BCUT2D eigenvalue weighted by Gasteiger charge is -2.25. The van der Waals surface area contributed by atoms with Crippen molar-refractivity contribution in [1.29, 1.82) is 0 Å². The molecule has 0 aliphatic rings. The van der Waals surface area contributed by atoms with E-state index in [1.54, 1.807) is 0 Å². The molecule has 0 rings (SSSR count). The van der Waals surface area contributed by atoms with Crippen LogP contribution in [0.5, 0.6) is 0 Å². The average molecular weight is 278 g/mol. The lowest BCUT2D eigenvalue weighted by atomic mass is 10.0. The SMILES string of the molecule is CC(=O)/C=C\C(=O)OC[C@@H](O)[C@@H](O)[C@H](O)[C@H](O)CO. The summed E-state index contributed by atoms with van der Waals surface area (Å²) in [5, 5.41) is 45.6. The minimum atomic E-state index is -1.80. The van der Waals surface area contributed by atoms with Crippen molar-refractivity contribution in [1.82, 2.24) is 0 Å². The van der Waals surface area contributed by atoms with Gasteiger partial charge in [0, 0.05) is 6.08 Å². The predicted octanol–water partition coefficient (Wildman–Crippen LogP) is -2.89. The number of hydrogen-bond acceptors (Lipinski definition) is 8. The lowest BCUT2D eigenvalue weighted by Crippen LogP contribution is -2.47. The number of hydrogen-bond donors (Lipinski definition) is 5. The molecule has 0 spiro atoms. The second-order valence-electron chi connectivity index (χ2n) is 3.87. The van der Waals surface area contributed by atoms with E-state index in [2.05, 4.69) is 4.74 Å². The van der Waals surface area contributed by atoms with Gasteiger partial charge in [-0.2, -0.15) is 0 Å². The van der Waals surface area contributed by atoms with Crippen LogP contribution in [0, 0.1) is 0 Å². The molecule has 0 saturated heterocycles. The summed E-state index contributed by atoms with van der Waals surface area (Å²) in [5.41, 5.74) is 0. The highest BCUT2D eigenvalue weighted by Crippen LogP contribution is 2.05. The monoisotopic (exact) mass is 278 g/mol. The highest BCUT2D eigenvalue weighted by Gasteiger charge is 2.30. The first kappa shape index (κ1) is 17.7. The van der Waals surface area contributed by atoms with Crippen LogP contribution in [-0.2, 0) is 14.3 Å². The van der Waals surface area contributed by atoms with Crippen LogP contribution in [0.15, 0.2) is 12.2 Å². The van der Waals surface area contributed by atoms with Crippen molar-refractivity contribution in [3.05, 3.63) is 12.2 Å². The minimum absolute atomic E-state index is 0.362. The Morgan fingerprint density at radius 1 is 1.05 bits per heavy atom. The summed E-state index contributed by atoms with van der Waals surface area (Å²) in [6, 6.07) is 0. The van der Waals surface area contributed by atoms with Crippen LogP contribution in [-0.4, -0.2) is 74.9 Å². The van der Waals surface area contributed by atoms with Gasteiger partial charge in [0.15, 0.2) is 5.78 Å². The van der Waals surface area contributed by atoms with Gasteiger partial charge in [-0.25, -0.2) is 4.79 Å². The molecule has 4 atom stereocenters. The molecule has 0 unspecified atom stereocenters. The van der Waals surface area contributed by atoms with Crippen LogP contribution >= 0.6 is 0 Å². The van der Waals surface area contributed by atoms with E-state index in [-0.39, 0.29) is 5.78 Å². The van der Waals surface area contributed by atoms with Gasteiger partial charge < -0.3 is 30.3 Å². The molecule has 5 N–H and O–H groups in total. The molecule has 0 amide bonds. The molecule has 8 nitrogen and oxygen atoms in total. The fourth-order valence-electron chi connectivity index (χ4n) is 1.06. The third kappa shape index (κ3) is 6.99. The summed E-state index contributed by atoms with van der Waals surface area (Å²) >= 11 is 0. The van der Waals surface area contributed by atoms with Crippen molar-refractivity contribution in [3.8, 4) is 0 Å². The zero-order valence-corrected chi connectivity index (χ0v) is 10.3. The number of rotatable bonds is 8. The van der Waals surface area contributed by atoms with Crippen LogP contribution in [0.25, 0.3) is 0 Å². The number of aliphatic hydroxyl groups is 5. The van der Waals surface area contributed by atoms with E-state index in [0.29, 0.717) is 0 Å². The molecular weight excluding hydrogens is 260 g/mol. The fraction of sp³-hybridized carbons (Fsp3) is 0.636. The van der Waals surface area contributed by atoms with Crippen LogP contribution in [0.2, 0.25) is 0 Å². The van der Waals surface area contributed by atoms with E-state index in [1.165, 1.54) is 6.92 Å². The van der Waals surface area contributed by atoms with Gasteiger partial charge in [0.05, 0.1) is 6.61 Å². The Labute approximate surface area is 109 Å². The van der Waals surface area contributed by atoms with Crippen LogP contribution in [0.3, 0.4) is 0 Å². The second kappa shape index (κ2) is 8.73. The van der Waals surface area contributed by atoms with Gasteiger partial charge in [0.1, 0.15) is 31.0 Å². The summed E-state index contributed by atoms with van der Waals surface area (Å²) in [7, 11) is 0. The van der Waals surface area contributed by atoms with E-state index in [1.807, 2.05) is 0 Å². The van der Waals surface area contributed by atoms with Gasteiger partial charge in [-0.05, 0) is 13.0 Å². The Bertz CT molecular complexity index is 327. The molecule has 19 heavy (non-hydrogen) atoms. The van der Waals surface area contributed by atoms with Crippen LogP contribution in [0.4, 0.5) is 0 Å². The van der Waals surface area contributed by atoms with Crippen molar-refractivity contribution in [2.24, 2.45) is 0 Å². The topological polar surface area (TPSA) is 145 Å². The molecule has 8 heteroatoms. The van der Waals surface area contributed by atoms with E-state index < -0.39 is 43.6 Å². The quantitative estimate of drug-likeness (QED) is 0.235. The molecule has 0 bridgehead atoms. The Kier molecular flexibility index (Phi) is 8.12. The molecule has 0 aliphatic heterocycles. The third-order valence-electron chi connectivity index (χ3n) is 2.18. The summed E-state index contributed by atoms with van der Waals surface area (Å²) in [6.07, 6.45) is -5.04. The molecule has 0 fully saturated rings. The maximum absolute atomic E-state index is 11.0. The molecular formula is C11H18O8. The summed E-state index contributed by atoms with van der Waals surface area (Å²) in [5.74, 6) is -1.27. The van der Waals surface area contributed by atoms with E-state index in [0.717, 1.165) is 12.2 Å². The molecule has 0 aromatic carbocycles. The number of aliphatic hydroxyl groups excluding tert-OH is 5. The maximum atomic E-state index is 11.0. The normalized spacial score (nSPS) is 17.8. The molecule has 0 aliphatic carbocycles. The number of carbonyl (C=O) groups excluding carboxylic acids is 2. The van der Waals surface area contributed by atoms with Crippen LogP contribution in [0.1, 0.15) is 6.92 Å². The maximum Gasteiger partial charge on any atom is 0.330 e. The highest BCUT2D eigenvalue weighted by atomic mass is 16.5. The van der Waals surface area contributed by atoms with Crippen LogP contribution < -0.4 is 0 Å². The van der Waals surface area contributed by atoms with Crippen molar-refractivity contribution in [2.45, 2.75) is 31.3 Å². The zero-order chi connectivity index (χ0) is 15.0. The third-order valence-corrected chi connectivity index (χ3v) is 2.18.